The van der Waals surface area contributed by atoms with Gasteiger partial charge in [0.05, 0.1) is 11.2 Å². The number of hydrogen-bond donors (Lipinski definition) is 2. The molecule has 2 nitrogen and oxygen atoms in total. The molecular formula is C12H16O2. The maximum atomic E-state index is 10.5. The molecule has 6 aliphatic carbocycles. The molecule has 10 atom stereocenters. The van der Waals surface area contributed by atoms with Crippen LogP contribution in [0.2, 0.25) is 0 Å². The molecule has 0 aliphatic heterocycles. The van der Waals surface area contributed by atoms with Crippen molar-refractivity contribution < 1.29 is 10.2 Å². The van der Waals surface area contributed by atoms with Crippen molar-refractivity contribution in [3.63, 3.8) is 0 Å². The summed E-state index contributed by atoms with van der Waals surface area (Å²) < 4.78 is 0. The van der Waals surface area contributed by atoms with Crippen molar-refractivity contribution in [3.8, 4) is 0 Å². The Balaban J connectivity index is 1.82. The molecule has 0 aromatic carbocycles. The van der Waals surface area contributed by atoms with E-state index < -0.39 is 11.2 Å². The zero-order valence-electron chi connectivity index (χ0n) is 8.51. The maximum Gasteiger partial charge on any atom is 0.0688 e. The van der Waals surface area contributed by atoms with E-state index in [1.807, 2.05) is 13.8 Å². The molecule has 0 amide bonds. The van der Waals surface area contributed by atoms with Gasteiger partial charge in [-0.15, -0.1) is 0 Å². The highest BCUT2D eigenvalue weighted by molar-refractivity contribution is 5.41. The Labute approximate surface area is 83.3 Å². The molecule has 0 spiro atoms. The lowest BCUT2D eigenvalue weighted by molar-refractivity contribution is -0.186. The summed E-state index contributed by atoms with van der Waals surface area (Å²) >= 11 is 0. The standard InChI is InChI=1S/C12H16O2/c1-11(13)7-3-4-5(7)10-9(11)6(3)8(4)12(10,2)14/h3-10,13-14H,1-2H3/t3-,4-,5+,6+,7+,8+,9-,10+,11+,12-/m1/s1. The molecule has 4 bridgehead atoms. The number of rotatable bonds is 0. The summed E-state index contributed by atoms with van der Waals surface area (Å²) in [7, 11) is 0. The van der Waals surface area contributed by atoms with Crippen LogP contribution in [0.4, 0.5) is 0 Å². The van der Waals surface area contributed by atoms with E-state index in [1.165, 1.54) is 0 Å². The Morgan fingerprint density at radius 3 is 1.29 bits per heavy atom. The van der Waals surface area contributed by atoms with E-state index >= 15 is 0 Å². The van der Waals surface area contributed by atoms with Gasteiger partial charge in [0.2, 0.25) is 0 Å². The van der Waals surface area contributed by atoms with Crippen LogP contribution in [-0.4, -0.2) is 21.4 Å². The molecule has 76 valence electrons. The Hall–Kier alpha value is -0.0800. The third-order valence-corrected chi connectivity index (χ3v) is 6.91. The number of hydrogen-bond acceptors (Lipinski definition) is 2. The lowest BCUT2D eigenvalue weighted by Crippen LogP contribution is -2.62. The maximum absolute atomic E-state index is 10.5. The SMILES string of the molecule is C[C@]1(O)[C@H]2[C@@H]3[C@@H]4[C@@H]2[C@H]2[C@H]1[C@@H]3[C@H]4[C@@]2(C)O. The van der Waals surface area contributed by atoms with E-state index in [0.717, 1.165) is 11.8 Å². The second kappa shape index (κ2) is 1.42. The van der Waals surface area contributed by atoms with Gasteiger partial charge >= 0.3 is 0 Å². The van der Waals surface area contributed by atoms with E-state index in [9.17, 15) is 10.2 Å². The minimum Gasteiger partial charge on any atom is -0.390 e. The molecule has 0 heterocycles. The summed E-state index contributed by atoms with van der Waals surface area (Å²) in [6.45, 7) is 4.06. The van der Waals surface area contributed by atoms with Gasteiger partial charge in [0, 0.05) is 0 Å². The zero-order chi connectivity index (χ0) is 9.62. The van der Waals surface area contributed by atoms with Crippen LogP contribution in [0.5, 0.6) is 0 Å². The van der Waals surface area contributed by atoms with Gasteiger partial charge in [0.1, 0.15) is 0 Å². The van der Waals surface area contributed by atoms with Gasteiger partial charge in [-0.25, -0.2) is 0 Å². The lowest BCUT2D eigenvalue weighted by atomic mass is 9.40. The molecule has 14 heavy (non-hydrogen) atoms. The third-order valence-electron chi connectivity index (χ3n) is 6.91. The second-order valence-corrected chi connectivity index (χ2v) is 6.86. The first-order chi connectivity index (χ1) is 6.49. The quantitative estimate of drug-likeness (QED) is 0.586. The minimum absolute atomic E-state index is 0.434. The Morgan fingerprint density at radius 1 is 0.643 bits per heavy atom. The highest BCUT2D eigenvalue weighted by Crippen LogP contribution is 2.92. The van der Waals surface area contributed by atoms with Crippen LogP contribution < -0.4 is 0 Å². The fraction of sp³-hybridized carbons (Fsp3) is 1.00. The Morgan fingerprint density at radius 2 is 1.00 bits per heavy atom. The highest BCUT2D eigenvalue weighted by Gasteiger charge is 2.94. The van der Waals surface area contributed by atoms with E-state index in [-0.39, 0.29) is 0 Å². The van der Waals surface area contributed by atoms with E-state index in [1.54, 1.807) is 0 Å². The predicted octanol–water partition coefficient (Wildman–Crippen LogP) is 0.486. The molecule has 6 rings (SSSR count). The molecular weight excluding hydrogens is 176 g/mol. The predicted molar refractivity (Wildman–Crippen MR) is 49.2 cm³/mol. The topological polar surface area (TPSA) is 40.5 Å². The molecule has 0 unspecified atom stereocenters. The van der Waals surface area contributed by atoms with Gasteiger partial charge < -0.3 is 10.2 Å². The van der Waals surface area contributed by atoms with Gasteiger partial charge in [0.15, 0.2) is 0 Å². The van der Waals surface area contributed by atoms with E-state index in [2.05, 4.69) is 0 Å². The average Bonchev–Trinajstić information content (AvgIpc) is 2.40. The van der Waals surface area contributed by atoms with Crippen molar-refractivity contribution in [1.82, 2.24) is 0 Å². The van der Waals surface area contributed by atoms with E-state index in [4.69, 9.17) is 0 Å². The van der Waals surface area contributed by atoms with E-state index in [0.29, 0.717) is 35.5 Å². The molecule has 2 N–H and O–H groups in total. The van der Waals surface area contributed by atoms with Crippen molar-refractivity contribution in [1.29, 1.82) is 0 Å². The highest BCUT2D eigenvalue weighted by atomic mass is 16.3. The van der Waals surface area contributed by atoms with Crippen LogP contribution in [0.1, 0.15) is 13.8 Å². The molecule has 0 radical (unpaired) electrons. The fourth-order valence-corrected chi connectivity index (χ4v) is 7.09. The first kappa shape index (κ1) is 7.24. The van der Waals surface area contributed by atoms with Gasteiger partial charge in [0.25, 0.3) is 0 Å². The average molecular weight is 192 g/mol. The summed E-state index contributed by atoms with van der Waals surface area (Å²) in [6.07, 6.45) is 0. The van der Waals surface area contributed by atoms with Crippen LogP contribution in [-0.2, 0) is 0 Å². The molecule has 6 fully saturated rings. The van der Waals surface area contributed by atoms with Crippen molar-refractivity contribution in [2.45, 2.75) is 25.0 Å². The molecule has 0 aromatic rings. The largest absolute Gasteiger partial charge is 0.390 e. The molecule has 2 heteroatoms. The van der Waals surface area contributed by atoms with Gasteiger partial charge in [-0.1, -0.05) is 0 Å². The van der Waals surface area contributed by atoms with Crippen molar-refractivity contribution in [2.24, 2.45) is 47.3 Å². The first-order valence-corrected chi connectivity index (χ1v) is 5.94. The molecule has 6 aliphatic rings. The monoisotopic (exact) mass is 192 g/mol. The van der Waals surface area contributed by atoms with Crippen LogP contribution in [0, 0.1) is 47.3 Å². The normalized spacial score (nSPS) is 90.0. The summed E-state index contributed by atoms with van der Waals surface area (Å²) in [4.78, 5) is 0. The third kappa shape index (κ3) is 0.348. The Kier molecular flexibility index (Phi) is 0.735. The van der Waals surface area contributed by atoms with Crippen LogP contribution in [0.25, 0.3) is 0 Å². The van der Waals surface area contributed by atoms with Gasteiger partial charge in [-0.05, 0) is 61.2 Å². The summed E-state index contributed by atoms with van der Waals surface area (Å²) in [5.74, 6) is 4.95. The van der Waals surface area contributed by atoms with Gasteiger partial charge in [-0.2, -0.15) is 0 Å². The summed E-state index contributed by atoms with van der Waals surface area (Å²) in [6, 6.07) is 0. The first-order valence-electron chi connectivity index (χ1n) is 5.94. The van der Waals surface area contributed by atoms with Crippen molar-refractivity contribution >= 4 is 0 Å². The van der Waals surface area contributed by atoms with Crippen LogP contribution in [0.15, 0.2) is 0 Å². The number of aliphatic hydroxyl groups is 2. The summed E-state index contributed by atoms with van der Waals surface area (Å²) in [5, 5.41) is 21.0. The smallest absolute Gasteiger partial charge is 0.0688 e. The lowest BCUT2D eigenvalue weighted by Gasteiger charge is -2.63. The summed E-state index contributed by atoms with van der Waals surface area (Å²) in [5.41, 5.74) is -0.868. The zero-order valence-corrected chi connectivity index (χ0v) is 8.51. The minimum atomic E-state index is -0.434. The second-order valence-electron chi connectivity index (χ2n) is 6.86. The fourth-order valence-electron chi connectivity index (χ4n) is 7.09. The molecule has 0 aromatic heterocycles. The van der Waals surface area contributed by atoms with Crippen molar-refractivity contribution in [2.75, 3.05) is 0 Å². The Bertz CT molecular complexity index is 337. The van der Waals surface area contributed by atoms with Crippen LogP contribution >= 0.6 is 0 Å². The van der Waals surface area contributed by atoms with Crippen LogP contribution in [0.3, 0.4) is 0 Å². The molecule has 0 saturated heterocycles. The van der Waals surface area contributed by atoms with Gasteiger partial charge in [-0.3, -0.25) is 0 Å². The molecule has 6 saturated carbocycles. The van der Waals surface area contributed by atoms with Crippen molar-refractivity contribution in [3.05, 3.63) is 0 Å².